The Morgan fingerprint density at radius 3 is 2.94 bits per heavy atom. The van der Waals surface area contributed by atoms with Gasteiger partial charge in [-0.2, -0.15) is 0 Å². The van der Waals surface area contributed by atoms with Gasteiger partial charge in [-0.15, -0.1) is 11.3 Å². The maximum Gasteiger partial charge on any atom is 0.263 e. The van der Waals surface area contributed by atoms with Crippen molar-refractivity contribution in [3.8, 4) is 0 Å². The number of nitrogens with zero attached hydrogens (tertiary/aromatic N) is 1. The first-order valence-corrected chi connectivity index (χ1v) is 6.48. The van der Waals surface area contributed by atoms with Crippen LogP contribution in [0.3, 0.4) is 0 Å². The number of nitrogens with two attached hydrogens (primary N) is 1. The lowest BCUT2D eigenvalue weighted by molar-refractivity contribution is 0.0781. The van der Waals surface area contributed by atoms with Gasteiger partial charge in [0.1, 0.15) is 0 Å². The molecule has 0 spiro atoms. The van der Waals surface area contributed by atoms with E-state index in [0.29, 0.717) is 15.8 Å². The molecular formula is C11H15ClN2OS. The highest BCUT2D eigenvalue weighted by molar-refractivity contribution is 7.17. The molecule has 0 radical (unpaired) electrons. The molecule has 1 saturated heterocycles. The molecule has 5 heteroatoms. The first-order valence-electron chi connectivity index (χ1n) is 5.29. The van der Waals surface area contributed by atoms with Gasteiger partial charge in [-0.25, -0.2) is 0 Å². The van der Waals surface area contributed by atoms with E-state index in [1.54, 1.807) is 12.1 Å². The number of likely N-dealkylation sites (tertiary alicyclic amines) is 1. The molecule has 0 aliphatic carbocycles. The lowest BCUT2D eigenvalue weighted by atomic mass is 9.90. The van der Waals surface area contributed by atoms with Gasteiger partial charge in [-0.05, 0) is 30.5 Å². The van der Waals surface area contributed by atoms with Crippen molar-refractivity contribution in [1.82, 2.24) is 4.90 Å². The summed E-state index contributed by atoms with van der Waals surface area (Å²) in [5.41, 5.74) is 5.80. The van der Waals surface area contributed by atoms with Crippen LogP contribution < -0.4 is 5.73 Å². The zero-order chi connectivity index (χ0) is 11.8. The van der Waals surface area contributed by atoms with Gasteiger partial charge < -0.3 is 10.6 Å². The molecule has 0 aromatic carbocycles. The van der Waals surface area contributed by atoms with Crippen LogP contribution >= 0.6 is 22.9 Å². The second kappa shape index (κ2) is 4.35. The van der Waals surface area contributed by atoms with Crippen LogP contribution in [0.4, 0.5) is 0 Å². The Labute approximate surface area is 104 Å². The van der Waals surface area contributed by atoms with Gasteiger partial charge >= 0.3 is 0 Å². The number of hydrogen-bond donors (Lipinski definition) is 1. The number of amides is 1. The standard InChI is InChI=1S/C11H15ClN2OS/c1-11(6-13)4-5-14(7-11)10(15)8-2-3-9(12)16-8/h2-3H,4-7,13H2,1H3. The van der Waals surface area contributed by atoms with Crippen LogP contribution in [0.15, 0.2) is 12.1 Å². The van der Waals surface area contributed by atoms with E-state index in [1.807, 2.05) is 4.90 Å². The Balaban J connectivity index is 2.08. The number of rotatable bonds is 2. The summed E-state index contributed by atoms with van der Waals surface area (Å²) in [6.07, 6.45) is 0.981. The fourth-order valence-corrected chi connectivity index (χ4v) is 2.96. The minimum Gasteiger partial charge on any atom is -0.337 e. The molecule has 2 rings (SSSR count). The van der Waals surface area contributed by atoms with Crippen LogP contribution in [-0.2, 0) is 0 Å². The Kier molecular flexibility index (Phi) is 3.24. The summed E-state index contributed by atoms with van der Waals surface area (Å²) in [7, 11) is 0. The quantitative estimate of drug-likeness (QED) is 0.884. The number of halogens is 1. The smallest absolute Gasteiger partial charge is 0.263 e. The fraction of sp³-hybridized carbons (Fsp3) is 0.545. The summed E-state index contributed by atoms with van der Waals surface area (Å²) in [5.74, 6) is 0.0778. The van der Waals surface area contributed by atoms with Crippen molar-refractivity contribution < 1.29 is 4.79 Å². The molecule has 0 saturated carbocycles. The topological polar surface area (TPSA) is 46.3 Å². The molecule has 1 aliphatic heterocycles. The summed E-state index contributed by atoms with van der Waals surface area (Å²) in [4.78, 5) is 14.7. The van der Waals surface area contributed by atoms with E-state index in [4.69, 9.17) is 17.3 Å². The molecule has 2 N–H and O–H groups in total. The van der Waals surface area contributed by atoms with Gasteiger partial charge in [0.15, 0.2) is 0 Å². The first kappa shape index (κ1) is 11.9. The Morgan fingerprint density at radius 2 is 2.44 bits per heavy atom. The summed E-state index contributed by atoms with van der Waals surface area (Å²) in [6, 6.07) is 3.55. The average Bonchev–Trinajstić information content (AvgIpc) is 2.85. The van der Waals surface area contributed by atoms with Gasteiger partial charge in [0.05, 0.1) is 9.21 Å². The monoisotopic (exact) mass is 258 g/mol. The van der Waals surface area contributed by atoms with Crippen LogP contribution in [0.25, 0.3) is 0 Å². The molecule has 88 valence electrons. The van der Waals surface area contributed by atoms with Crippen LogP contribution in [0.2, 0.25) is 4.34 Å². The summed E-state index contributed by atoms with van der Waals surface area (Å²) < 4.78 is 0.657. The van der Waals surface area contributed by atoms with E-state index in [1.165, 1.54) is 11.3 Å². The second-order valence-electron chi connectivity index (χ2n) is 4.60. The lowest BCUT2D eigenvalue weighted by Crippen LogP contribution is -2.34. The predicted molar refractivity (Wildman–Crippen MR) is 67.0 cm³/mol. The number of carbonyl (C=O) groups excluding carboxylic acids is 1. The highest BCUT2D eigenvalue weighted by Gasteiger charge is 2.35. The van der Waals surface area contributed by atoms with E-state index in [-0.39, 0.29) is 11.3 Å². The average molecular weight is 259 g/mol. The van der Waals surface area contributed by atoms with Gasteiger partial charge in [0.2, 0.25) is 0 Å². The largest absolute Gasteiger partial charge is 0.337 e. The normalized spacial score (nSPS) is 25.1. The van der Waals surface area contributed by atoms with Crippen molar-refractivity contribution in [2.75, 3.05) is 19.6 Å². The molecular weight excluding hydrogens is 244 g/mol. The first-order chi connectivity index (χ1) is 7.54. The second-order valence-corrected chi connectivity index (χ2v) is 6.31. The molecule has 1 atom stereocenters. The highest BCUT2D eigenvalue weighted by Crippen LogP contribution is 2.31. The van der Waals surface area contributed by atoms with Crippen molar-refractivity contribution in [2.24, 2.45) is 11.1 Å². The predicted octanol–water partition coefficient (Wildman–Crippen LogP) is 2.21. The van der Waals surface area contributed by atoms with Crippen LogP contribution in [0.5, 0.6) is 0 Å². The van der Waals surface area contributed by atoms with Crippen molar-refractivity contribution in [3.05, 3.63) is 21.3 Å². The Bertz CT molecular complexity index is 406. The van der Waals surface area contributed by atoms with Crippen molar-refractivity contribution in [1.29, 1.82) is 0 Å². The van der Waals surface area contributed by atoms with Gasteiger partial charge in [-0.3, -0.25) is 4.79 Å². The number of hydrogen-bond acceptors (Lipinski definition) is 3. The molecule has 1 aromatic rings. The van der Waals surface area contributed by atoms with E-state index in [2.05, 4.69) is 6.92 Å². The Morgan fingerprint density at radius 1 is 1.69 bits per heavy atom. The third-order valence-corrected chi connectivity index (χ3v) is 4.34. The van der Waals surface area contributed by atoms with Crippen LogP contribution in [-0.4, -0.2) is 30.4 Å². The zero-order valence-electron chi connectivity index (χ0n) is 9.20. The molecule has 3 nitrogen and oxygen atoms in total. The summed E-state index contributed by atoms with van der Waals surface area (Å²) in [5, 5.41) is 0. The van der Waals surface area contributed by atoms with Gasteiger partial charge in [0.25, 0.3) is 5.91 Å². The molecule has 1 amide bonds. The van der Waals surface area contributed by atoms with E-state index < -0.39 is 0 Å². The van der Waals surface area contributed by atoms with Crippen LogP contribution in [0, 0.1) is 5.41 Å². The highest BCUT2D eigenvalue weighted by atomic mass is 35.5. The molecule has 0 bridgehead atoms. The molecule has 1 aliphatic rings. The molecule has 1 unspecified atom stereocenters. The lowest BCUT2D eigenvalue weighted by Gasteiger charge is -2.22. The Hall–Kier alpha value is -0.580. The molecule has 2 heterocycles. The van der Waals surface area contributed by atoms with Crippen molar-refractivity contribution in [2.45, 2.75) is 13.3 Å². The fourth-order valence-electron chi connectivity index (χ4n) is 1.95. The summed E-state index contributed by atoms with van der Waals surface area (Å²) in [6.45, 7) is 4.30. The van der Waals surface area contributed by atoms with E-state index >= 15 is 0 Å². The number of thiophene rings is 1. The van der Waals surface area contributed by atoms with Crippen LogP contribution in [0.1, 0.15) is 23.0 Å². The number of carbonyl (C=O) groups is 1. The van der Waals surface area contributed by atoms with Crippen molar-refractivity contribution >= 4 is 28.8 Å². The van der Waals surface area contributed by atoms with Crippen molar-refractivity contribution in [3.63, 3.8) is 0 Å². The van der Waals surface area contributed by atoms with Gasteiger partial charge in [0, 0.05) is 13.1 Å². The zero-order valence-corrected chi connectivity index (χ0v) is 10.8. The maximum atomic E-state index is 12.1. The third-order valence-electron chi connectivity index (χ3n) is 3.12. The SMILES string of the molecule is CC1(CN)CCN(C(=O)c2ccc(Cl)s2)C1. The summed E-state index contributed by atoms with van der Waals surface area (Å²) >= 11 is 7.16. The molecule has 16 heavy (non-hydrogen) atoms. The maximum absolute atomic E-state index is 12.1. The third kappa shape index (κ3) is 2.24. The van der Waals surface area contributed by atoms with Gasteiger partial charge in [-0.1, -0.05) is 18.5 Å². The minimum absolute atomic E-state index is 0.0778. The van der Waals surface area contributed by atoms with E-state index in [9.17, 15) is 4.79 Å². The van der Waals surface area contributed by atoms with E-state index in [0.717, 1.165) is 19.5 Å². The molecule has 1 fully saturated rings. The molecule has 1 aromatic heterocycles. The minimum atomic E-state index is 0.0778.